The highest BCUT2D eigenvalue weighted by Gasteiger charge is 2.15. The van der Waals surface area contributed by atoms with Crippen LogP contribution in [0.3, 0.4) is 0 Å². The van der Waals surface area contributed by atoms with E-state index in [-0.39, 0.29) is 12.2 Å². The summed E-state index contributed by atoms with van der Waals surface area (Å²) in [5, 5.41) is 27.3. The van der Waals surface area contributed by atoms with Crippen LogP contribution in [0.5, 0.6) is 0 Å². The van der Waals surface area contributed by atoms with E-state index >= 15 is 0 Å². The van der Waals surface area contributed by atoms with Crippen molar-refractivity contribution < 1.29 is 10.0 Å². The van der Waals surface area contributed by atoms with Gasteiger partial charge in [0.15, 0.2) is 0 Å². The van der Waals surface area contributed by atoms with E-state index in [4.69, 9.17) is 0 Å². The Morgan fingerprint density at radius 2 is 2.04 bits per heavy atom. The second-order valence-corrected chi connectivity index (χ2v) is 5.90. The van der Waals surface area contributed by atoms with E-state index in [1.54, 1.807) is 0 Å². The largest absolute Gasteiger partial charge is 0.389 e. The number of nitrogens with zero attached hydrogens (tertiary/aromatic N) is 4. The van der Waals surface area contributed by atoms with Gasteiger partial charge in [-0.15, -0.1) is 0 Å². The van der Waals surface area contributed by atoms with Gasteiger partial charge in [-0.1, -0.05) is 30.3 Å². The molecule has 3 rings (SSSR count). The van der Waals surface area contributed by atoms with Crippen LogP contribution >= 0.6 is 0 Å². The van der Waals surface area contributed by atoms with Crippen LogP contribution in [0.1, 0.15) is 6.92 Å². The quantitative estimate of drug-likeness (QED) is 0.528. The molecule has 0 saturated carbocycles. The molecule has 0 bridgehead atoms. The minimum absolute atomic E-state index is 0.0749. The highest BCUT2D eigenvalue weighted by atomic mass is 16.6. The molecule has 0 aliphatic rings. The molecule has 0 saturated heterocycles. The lowest BCUT2D eigenvalue weighted by atomic mass is 10.1. The normalized spacial score (nSPS) is 12.2. The second kappa shape index (κ2) is 7.31. The number of nitro groups is 1. The summed E-state index contributed by atoms with van der Waals surface area (Å²) in [6.45, 7) is 3.40. The molecule has 2 aromatic carbocycles. The number of benzene rings is 2. The van der Waals surface area contributed by atoms with Crippen molar-refractivity contribution in [2.45, 2.75) is 19.6 Å². The molecule has 3 aromatic rings. The Hall–Kier alpha value is -2.93. The molecule has 0 fully saturated rings. The van der Waals surface area contributed by atoms with Gasteiger partial charge in [0.05, 0.1) is 17.6 Å². The van der Waals surface area contributed by atoms with E-state index in [9.17, 15) is 15.2 Å². The summed E-state index contributed by atoms with van der Waals surface area (Å²) < 4.78 is 1.40. The molecule has 1 atom stereocenters. The number of anilines is 1. The summed E-state index contributed by atoms with van der Waals surface area (Å²) >= 11 is 0. The Balaban J connectivity index is 1.70. The van der Waals surface area contributed by atoms with Gasteiger partial charge in [0.25, 0.3) is 0 Å². The highest BCUT2D eigenvalue weighted by molar-refractivity contribution is 5.85. The fourth-order valence-electron chi connectivity index (χ4n) is 2.87. The maximum atomic E-state index is 10.7. The van der Waals surface area contributed by atoms with Crippen LogP contribution in [0.25, 0.3) is 10.8 Å². The zero-order valence-electron chi connectivity index (χ0n) is 13.9. The van der Waals surface area contributed by atoms with Crippen molar-refractivity contribution in [3.63, 3.8) is 0 Å². The van der Waals surface area contributed by atoms with E-state index in [0.717, 1.165) is 17.6 Å². The van der Waals surface area contributed by atoms with E-state index < -0.39 is 11.0 Å². The Bertz CT molecular complexity index is 877. The third-order valence-corrected chi connectivity index (χ3v) is 4.14. The van der Waals surface area contributed by atoms with Crippen molar-refractivity contribution in [3.8, 4) is 0 Å². The number of aliphatic hydroxyl groups is 1. The molecule has 25 heavy (non-hydrogen) atoms. The summed E-state index contributed by atoms with van der Waals surface area (Å²) in [5.74, 6) is 0. The lowest BCUT2D eigenvalue weighted by Crippen LogP contribution is -2.34. The van der Waals surface area contributed by atoms with E-state index in [1.165, 1.54) is 22.5 Å². The van der Waals surface area contributed by atoms with Gasteiger partial charge in [-0.25, -0.2) is 0 Å². The average molecular weight is 340 g/mol. The summed E-state index contributed by atoms with van der Waals surface area (Å²) in [6.07, 6.45) is 1.83. The van der Waals surface area contributed by atoms with Gasteiger partial charge < -0.3 is 10.0 Å². The van der Waals surface area contributed by atoms with Gasteiger partial charge in [0, 0.05) is 18.8 Å². The van der Waals surface area contributed by atoms with Crippen LogP contribution in [0.4, 0.5) is 11.4 Å². The predicted molar refractivity (Wildman–Crippen MR) is 96.7 cm³/mol. The molecule has 0 radical (unpaired) electrons. The number of likely N-dealkylation sites (N-methyl/N-ethyl adjacent to an activating group) is 1. The third kappa shape index (κ3) is 3.95. The second-order valence-electron chi connectivity index (χ2n) is 5.90. The standard InChI is InChI=1S/C18H20N4O3/c1-2-20(16-8-7-14-5-3-4-6-15(14)9-16)12-18(23)13-21-11-17(10-19-21)22(24)25/h3-11,18,23H,2,12-13H2,1H3. The molecule has 0 amide bonds. The fourth-order valence-corrected chi connectivity index (χ4v) is 2.87. The molecule has 1 aromatic heterocycles. The van der Waals surface area contributed by atoms with Gasteiger partial charge in [0.1, 0.15) is 12.4 Å². The molecule has 7 nitrogen and oxygen atoms in total. The number of fused-ring (bicyclic) bond motifs is 1. The van der Waals surface area contributed by atoms with E-state index in [0.29, 0.717) is 6.54 Å². The Labute approximate surface area is 145 Å². The topological polar surface area (TPSA) is 84.4 Å². The van der Waals surface area contributed by atoms with Gasteiger partial charge in [0.2, 0.25) is 0 Å². The first kappa shape index (κ1) is 16.9. The maximum Gasteiger partial charge on any atom is 0.306 e. The Morgan fingerprint density at radius 3 is 2.72 bits per heavy atom. The molecule has 0 aliphatic carbocycles. The number of aromatic nitrogens is 2. The molecule has 0 aliphatic heterocycles. The average Bonchev–Trinajstić information content (AvgIpc) is 3.08. The minimum atomic E-state index is -0.689. The Kier molecular flexibility index (Phi) is 4.95. The minimum Gasteiger partial charge on any atom is -0.389 e. The zero-order valence-corrected chi connectivity index (χ0v) is 13.9. The SMILES string of the molecule is CCN(CC(O)Cn1cc([N+](=O)[O-])cn1)c1ccc2ccccc2c1. The third-order valence-electron chi connectivity index (χ3n) is 4.14. The number of rotatable bonds is 7. The highest BCUT2D eigenvalue weighted by Crippen LogP contribution is 2.22. The summed E-state index contributed by atoms with van der Waals surface area (Å²) in [6, 6.07) is 14.3. The first-order valence-corrected chi connectivity index (χ1v) is 8.15. The summed E-state index contributed by atoms with van der Waals surface area (Å²) in [4.78, 5) is 12.3. The fraction of sp³-hybridized carbons (Fsp3) is 0.278. The van der Waals surface area contributed by atoms with Crippen LogP contribution < -0.4 is 4.90 Å². The molecule has 0 spiro atoms. The van der Waals surface area contributed by atoms with Crippen molar-refractivity contribution in [1.82, 2.24) is 9.78 Å². The summed E-state index contributed by atoms with van der Waals surface area (Å²) in [7, 11) is 0. The molecule has 130 valence electrons. The molecule has 1 heterocycles. The maximum absolute atomic E-state index is 10.7. The number of hydrogen-bond acceptors (Lipinski definition) is 5. The Morgan fingerprint density at radius 1 is 1.28 bits per heavy atom. The first-order chi connectivity index (χ1) is 12.1. The van der Waals surface area contributed by atoms with Crippen LogP contribution in [-0.2, 0) is 6.54 Å². The molecule has 1 N–H and O–H groups in total. The van der Waals surface area contributed by atoms with Gasteiger partial charge in [-0.3, -0.25) is 14.8 Å². The summed E-state index contributed by atoms with van der Waals surface area (Å²) in [5.41, 5.74) is 0.959. The van der Waals surface area contributed by atoms with Crippen molar-refractivity contribution in [3.05, 3.63) is 65.0 Å². The number of aliphatic hydroxyl groups excluding tert-OH is 1. The number of hydrogen-bond donors (Lipinski definition) is 1. The van der Waals surface area contributed by atoms with Gasteiger partial charge in [-0.05, 0) is 29.8 Å². The molecule has 7 heteroatoms. The van der Waals surface area contributed by atoms with Crippen LogP contribution in [0, 0.1) is 10.1 Å². The zero-order chi connectivity index (χ0) is 17.8. The van der Waals surface area contributed by atoms with Crippen molar-refractivity contribution in [2.75, 3.05) is 18.0 Å². The lowest BCUT2D eigenvalue weighted by molar-refractivity contribution is -0.385. The van der Waals surface area contributed by atoms with E-state index in [1.807, 2.05) is 25.1 Å². The van der Waals surface area contributed by atoms with Crippen molar-refractivity contribution in [1.29, 1.82) is 0 Å². The molecular formula is C18H20N4O3. The molecular weight excluding hydrogens is 320 g/mol. The van der Waals surface area contributed by atoms with E-state index in [2.05, 4.69) is 34.3 Å². The van der Waals surface area contributed by atoms with Gasteiger partial charge >= 0.3 is 5.69 Å². The van der Waals surface area contributed by atoms with Crippen LogP contribution in [-0.4, -0.2) is 39.0 Å². The monoisotopic (exact) mass is 340 g/mol. The lowest BCUT2D eigenvalue weighted by Gasteiger charge is -2.26. The van der Waals surface area contributed by atoms with Crippen molar-refractivity contribution in [2.24, 2.45) is 0 Å². The first-order valence-electron chi connectivity index (χ1n) is 8.15. The van der Waals surface area contributed by atoms with Crippen molar-refractivity contribution >= 4 is 22.1 Å². The smallest absolute Gasteiger partial charge is 0.306 e. The predicted octanol–water partition coefficient (Wildman–Crippen LogP) is 2.83. The van der Waals surface area contributed by atoms with Gasteiger partial charge in [-0.2, -0.15) is 5.10 Å². The van der Waals surface area contributed by atoms with Crippen LogP contribution in [0.15, 0.2) is 54.9 Å². The molecule has 1 unspecified atom stereocenters. The van der Waals surface area contributed by atoms with Crippen LogP contribution in [0.2, 0.25) is 0 Å².